The second-order valence-electron chi connectivity index (χ2n) is 10.9. The molecule has 2 aliphatic carbocycles. The first-order valence-electron chi connectivity index (χ1n) is 11.8. The monoisotopic (exact) mass is 436 g/mol. The zero-order chi connectivity index (χ0) is 23.1. The Kier molecular flexibility index (Phi) is 6.06. The second kappa shape index (κ2) is 8.51. The molecule has 2 aromatic rings. The number of hydrogen-bond donors (Lipinski definition) is 3. The highest BCUT2D eigenvalue weighted by Crippen LogP contribution is 2.61. The van der Waals surface area contributed by atoms with Gasteiger partial charge >= 0.3 is 0 Å². The molecule has 0 amide bonds. The Morgan fingerprint density at radius 3 is 2.50 bits per heavy atom. The van der Waals surface area contributed by atoms with E-state index in [0.29, 0.717) is 18.0 Å². The Morgan fingerprint density at radius 1 is 1.12 bits per heavy atom. The molecule has 0 spiro atoms. The summed E-state index contributed by atoms with van der Waals surface area (Å²) >= 11 is 0. The number of carbonyl (C=O) groups is 1. The van der Waals surface area contributed by atoms with Crippen molar-refractivity contribution in [3.05, 3.63) is 53.9 Å². The van der Waals surface area contributed by atoms with E-state index in [1.54, 1.807) is 0 Å². The summed E-state index contributed by atoms with van der Waals surface area (Å²) in [5, 5.41) is 23.8. The first kappa shape index (κ1) is 22.8. The van der Waals surface area contributed by atoms with Crippen molar-refractivity contribution >= 4 is 5.78 Å². The van der Waals surface area contributed by atoms with Crippen LogP contribution < -0.4 is 5.32 Å². The highest BCUT2D eigenvalue weighted by atomic mass is 16.3. The molecular weight excluding hydrogens is 400 g/mol. The lowest BCUT2D eigenvalue weighted by atomic mass is 9.45. The van der Waals surface area contributed by atoms with E-state index in [2.05, 4.69) is 38.0 Å². The molecule has 2 saturated carbocycles. The van der Waals surface area contributed by atoms with Crippen LogP contribution in [0.1, 0.15) is 69.4 Å². The fraction of sp³-hybridized carbons (Fsp3) is 0.556. The smallest absolute Gasteiger partial charge is 0.167 e. The van der Waals surface area contributed by atoms with Crippen LogP contribution in [0.25, 0.3) is 0 Å². The number of fused-ring (bicyclic) bond motifs is 1. The molecule has 5 nitrogen and oxygen atoms in total. The number of hydrogen-bond acceptors (Lipinski definition) is 5. The number of nitrogens with one attached hydrogen (secondary N) is 1. The van der Waals surface area contributed by atoms with Gasteiger partial charge in [-0.2, -0.15) is 0 Å². The van der Waals surface area contributed by atoms with Crippen molar-refractivity contribution in [2.24, 2.45) is 28.6 Å². The molecular formula is C27H36N2O3. The molecule has 32 heavy (non-hydrogen) atoms. The maximum atomic E-state index is 13.9. The van der Waals surface area contributed by atoms with Gasteiger partial charge in [-0.15, -0.1) is 0 Å². The van der Waals surface area contributed by atoms with Crippen molar-refractivity contribution < 1.29 is 15.0 Å². The van der Waals surface area contributed by atoms with Crippen LogP contribution in [-0.4, -0.2) is 27.0 Å². The van der Waals surface area contributed by atoms with Gasteiger partial charge in [0.25, 0.3) is 0 Å². The van der Waals surface area contributed by atoms with E-state index in [0.717, 1.165) is 25.0 Å². The van der Waals surface area contributed by atoms with Crippen LogP contribution in [0.3, 0.4) is 0 Å². The number of benzene rings is 1. The normalized spacial score (nSPS) is 31.6. The summed E-state index contributed by atoms with van der Waals surface area (Å²) in [6.45, 7) is 9.86. The molecule has 5 heteroatoms. The van der Waals surface area contributed by atoms with Crippen molar-refractivity contribution in [1.82, 2.24) is 10.3 Å². The zero-order valence-electron chi connectivity index (χ0n) is 19.6. The Bertz CT molecular complexity index is 954. The van der Waals surface area contributed by atoms with Gasteiger partial charge in [0.05, 0.1) is 5.69 Å². The van der Waals surface area contributed by atoms with E-state index in [9.17, 15) is 15.0 Å². The Labute approximate surface area is 191 Å². The summed E-state index contributed by atoms with van der Waals surface area (Å²) in [6.07, 6.45) is 6.16. The van der Waals surface area contributed by atoms with Gasteiger partial charge < -0.3 is 15.5 Å². The molecule has 1 aromatic heterocycles. The summed E-state index contributed by atoms with van der Waals surface area (Å²) in [7, 11) is 0. The summed E-state index contributed by atoms with van der Waals surface area (Å²) in [6, 6.07) is 10.4. The van der Waals surface area contributed by atoms with Crippen LogP contribution >= 0.6 is 0 Å². The molecule has 0 bridgehead atoms. The van der Waals surface area contributed by atoms with Gasteiger partial charge in [-0.05, 0) is 66.2 Å². The lowest BCUT2D eigenvalue weighted by molar-refractivity contribution is -0.0917. The molecule has 2 aliphatic rings. The fourth-order valence-electron chi connectivity index (χ4n) is 6.89. The molecule has 0 radical (unpaired) electrons. The highest BCUT2D eigenvalue weighted by Gasteiger charge is 2.58. The minimum absolute atomic E-state index is 0.0261. The second-order valence-corrected chi connectivity index (χ2v) is 10.9. The zero-order valence-corrected chi connectivity index (χ0v) is 19.6. The Morgan fingerprint density at radius 2 is 1.84 bits per heavy atom. The van der Waals surface area contributed by atoms with E-state index in [4.69, 9.17) is 0 Å². The minimum atomic E-state index is -0.191. The maximum Gasteiger partial charge on any atom is 0.167 e. The number of phenolic OH excluding ortho intramolecular Hbond substituents is 2. The third-order valence-electron chi connectivity index (χ3n) is 8.38. The lowest BCUT2D eigenvalue weighted by Gasteiger charge is -2.60. The van der Waals surface area contributed by atoms with Crippen molar-refractivity contribution in [3.8, 4) is 11.5 Å². The van der Waals surface area contributed by atoms with Gasteiger partial charge in [0.15, 0.2) is 5.78 Å². The maximum absolute atomic E-state index is 13.9. The molecule has 172 valence electrons. The molecule has 5 atom stereocenters. The molecule has 0 aliphatic heterocycles. The summed E-state index contributed by atoms with van der Waals surface area (Å²) < 4.78 is 0. The van der Waals surface area contributed by atoms with E-state index in [1.165, 1.54) is 24.6 Å². The van der Waals surface area contributed by atoms with Crippen molar-refractivity contribution in [1.29, 1.82) is 0 Å². The highest BCUT2D eigenvalue weighted by molar-refractivity contribution is 5.99. The number of pyridine rings is 1. The molecule has 1 aromatic carbocycles. The first-order valence-corrected chi connectivity index (χ1v) is 11.8. The van der Waals surface area contributed by atoms with Crippen molar-refractivity contribution in [2.45, 2.75) is 66.0 Å². The largest absolute Gasteiger partial charge is 0.508 e. The third kappa shape index (κ3) is 4.15. The average molecular weight is 437 g/mol. The predicted octanol–water partition coefficient (Wildman–Crippen LogP) is 5.32. The molecule has 0 unspecified atom stereocenters. The van der Waals surface area contributed by atoms with Crippen LogP contribution in [0.4, 0.5) is 0 Å². The van der Waals surface area contributed by atoms with E-state index in [1.807, 2.05) is 24.4 Å². The summed E-state index contributed by atoms with van der Waals surface area (Å²) in [5.74, 6) is 0.202. The Balaban J connectivity index is 1.69. The number of nitrogens with zero attached hydrogens (tertiary/aromatic N) is 1. The van der Waals surface area contributed by atoms with Gasteiger partial charge in [0.1, 0.15) is 11.5 Å². The van der Waals surface area contributed by atoms with Gasteiger partial charge in [-0.25, -0.2) is 0 Å². The molecule has 0 saturated heterocycles. The Hall–Kier alpha value is -2.40. The first-order chi connectivity index (χ1) is 15.1. The van der Waals surface area contributed by atoms with Crippen LogP contribution in [0.15, 0.2) is 42.6 Å². The molecule has 3 N–H and O–H groups in total. The number of ketones is 1. The summed E-state index contributed by atoms with van der Waals surface area (Å²) in [4.78, 5) is 18.4. The predicted molar refractivity (Wildman–Crippen MR) is 125 cm³/mol. The van der Waals surface area contributed by atoms with Gasteiger partial charge in [0.2, 0.25) is 0 Å². The molecule has 4 rings (SSSR count). The van der Waals surface area contributed by atoms with E-state index < -0.39 is 0 Å². The van der Waals surface area contributed by atoms with E-state index in [-0.39, 0.29) is 46.0 Å². The van der Waals surface area contributed by atoms with Gasteiger partial charge in [-0.1, -0.05) is 40.2 Å². The average Bonchev–Trinajstić information content (AvgIpc) is 2.72. The third-order valence-corrected chi connectivity index (χ3v) is 8.38. The van der Waals surface area contributed by atoms with E-state index >= 15 is 0 Å². The lowest BCUT2D eigenvalue weighted by Crippen LogP contribution is -2.60. The SMILES string of the molecule is C[C@@H]1[C@H](NCc2ccccn2)C[C@H]2C(C)(C)CCC[C@]2(C)[C@H]1C(=O)c1cc(O)cc(O)c1. The number of carbonyl (C=O) groups excluding carboxylic acids is 1. The standard InChI is InChI=1S/C27H36N2O3/c1-17-22(29-16-19-8-5-6-11-28-19)15-23-26(2,3)9-7-10-27(23,4)24(17)25(32)18-12-20(30)14-21(31)13-18/h5-6,8,11-14,17,22-24,29-31H,7,9-10,15-16H2,1-4H3/t17-,22-,23+,24-,27+/m1/s1. The number of phenols is 2. The van der Waals surface area contributed by atoms with Crippen LogP contribution in [-0.2, 0) is 6.54 Å². The summed E-state index contributed by atoms with van der Waals surface area (Å²) in [5.41, 5.74) is 1.42. The van der Waals surface area contributed by atoms with Crippen LogP contribution in [0.2, 0.25) is 0 Å². The number of aromatic hydroxyl groups is 2. The molecule has 1 heterocycles. The molecule has 2 fully saturated rings. The number of rotatable bonds is 5. The minimum Gasteiger partial charge on any atom is -0.508 e. The number of aromatic nitrogens is 1. The fourth-order valence-corrected chi connectivity index (χ4v) is 6.89. The van der Waals surface area contributed by atoms with Crippen LogP contribution in [0.5, 0.6) is 11.5 Å². The quantitative estimate of drug-likeness (QED) is 0.553. The van der Waals surface area contributed by atoms with Gasteiger partial charge in [-0.3, -0.25) is 9.78 Å². The number of Topliss-reactive ketones (excluding diaryl/α,β-unsaturated/α-hetero) is 1. The topological polar surface area (TPSA) is 82.5 Å². The van der Waals surface area contributed by atoms with Gasteiger partial charge in [0, 0.05) is 36.3 Å². The van der Waals surface area contributed by atoms with Crippen molar-refractivity contribution in [3.63, 3.8) is 0 Å². The van der Waals surface area contributed by atoms with Crippen LogP contribution in [0, 0.1) is 28.6 Å². The van der Waals surface area contributed by atoms with Crippen molar-refractivity contribution in [2.75, 3.05) is 0 Å².